The van der Waals surface area contributed by atoms with Gasteiger partial charge in [-0.15, -0.1) is 37.1 Å². The zero-order chi connectivity index (χ0) is 21.0. The van der Waals surface area contributed by atoms with E-state index in [1.807, 2.05) is 6.92 Å². The molecule has 1 unspecified atom stereocenters. The van der Waals surface area contributed by atoms with Crippen LogP contribution in [0.2, 0.25) is 0 Å². The summed E-state index contributed by atoms with van der Waals surface area (Å²) >= 11 is 0. The average molecular weight is 545 g/mol. The molecule has 0 bridgehead atoms. The van der Waals surface area contributed by atoms with Gasteiger partial charge in [0, 0.05) is 38.8 Å². The molecule has 2 rings (SSSR count). The second-order valence-corrected chi connectivity index (χ2v) is 6.79. The van der Waals surface area contributed by atoms with Crippen molar-refractivity contribution in [3.05, 3.63) is 29.8 Å². The minimum Gasteiger partial charge on any atom is -0.406 e. The average Bonchev–Trinajstić information content (AvgIpc) is 3.18. The molecule has 0 radical (unpaired) electrons. The lowest BCUT2D eigenvalue weighted by Gasteiger charge is -2.12. The number of benzene rings is 1. The SMILES string of the molecule is CCNC(=NCCCOCC1CCOC1)NCCc1ccc(OC(F)(F)F)cc1.I. The van der Waals surface area contributed by atoms with Gasteiger partial charge in [0.25, 0.3) is 0 Å². The quantitative estimate of drug-likeness (QED) is 0.192. The van der Waals surface area contributed by atoms with E-state index in [4.69, 9.17) is 9.47 Å². The monoisotopic (exact) mass is 545 g/mol. The molecule has 0 spiro atoms. The molecule has 172 valence electrons. The fourth-order valence-corrected chi connectivity index (χ4v) is 2.85. The van der Waals surface area contributed by atoms with E-state index in [0.717, 1.165) is 44.8 Å². The lowest BCUT2D eigenvalue weighted by molar-refractivity contribution is -0.274. The second kappa shape index (κ2) is 14.7. The van der Waals surface area contributed by atoms with E-state index in [1.165, 1.54) is 12.1 Å². The smallest absolute Gasteiger partial charge is 0.406 e. The van der Waals surface area contributed by atoms with Gasteiger partial charge in [-0.2, -0.15) is 0 Å². The second-order valence-electron chi connectivity index (χ2n) is 6.79. The third-order valence-electron chi connectivity index (χ3n) is 4.30. The summed E-state index contributed by atoms with van der Waals surface area (Å²) in [6.07, 6.45) is -2.10. The highest BCUT2D eigenvalue weighted by Gasteiger charge is 2.30. The van der Waals surface area contributed by atoms with Crippen molar-refractivity contribution in [1.82, 2.24) is 10.6 Å². The largest absolute Gasteiger partial charge is 0.573 e. The van der Waals surface area contributed by atoms with Crippen LogP contribution in [0.25, 0.3) is 0 Å². The maximum atomic E-state index is 12.2. The number of guanidine groups is 1. The third-order valence-corrected chi connectivity index (χ3v) is 4.30. The standard InChI is InChI=1S/C20H30F3N3O3.HI/c1-2-24-19(25-10-3-12-27-14-17-9-13-28-15-17)26-11-8-16-4-6-18(7-5-16)29-20(21,22)23;/h4-7,17H,2-3,8-15H2,1H3,(H2,24,25,26);1H. The van der Waals surface area contributed by atoms with Gasteiger partial charge < -0.3 is 24.8 Å². The fraction of sp³-hybridized carbons (Fsp3) is 0.650. The van der Waals surface area contributed by atoms with E-state index in [-0.39, 0.29) is 29.7 Å². The van der Waals surface area contributed by atoms with Crippen molar-refractivity contribution < 1.29 is 27.4 Å². The number of halogens is 4. The van der Waals surface area contributed by atoms with Gasteiger partial charge in [-0.25, -0.2) is 0 Å². The summed E-state index contributed by atoms with van der Waals surface area (Å²) in [4.78, 5) is 4.51. The Balaban J connectivity index is 0.00000450. The Labute approximate surface area is 193 Å². The van der Waals surface area contributed by atoms with Crippen LogP contribution in [0.3, 0.4) is 0 Å². The van der Waals surface area contributed by atoms with Crippen molar-refractivity contribution in [2.75, 3.05) is 46.1 Å². The molecular weight excluding hydrogens is 514 g/mol. The summed E-state index contributed by atoms with van der Waals surface area (Å²) in [7, 11) is 0. The topological polar surface area (TPSA) is 64.1 Å². The number of aliphatic imine (C=N–C) groups is 1. The van der Waals surface area contributed by atoms with E-state index in [9.17, 15) is 13.2 Å². The van der Waals surface area contributed by atoms with Crippen molar-refractivity contribution in [2.45, 2.75) is 32.5 Å². The Kier molecular flexibility index (Phi) is 13.1. The first-order chi connectivity index (χ1) is 14.0. The summed E-state index contributed by atoms with van der Waals surface area (Å²) in [5.74, 6) is 1.02. The predicted molar refractivity (Wildman–Crippen MR) is 121 cm³/mol. The zero-order valence-corrected chi connectivity index (χ0v) is 19.5. The van der Waals surface area contributed by atoms with E-state index >= 15 is 0 Å². The number of hydrogen-bond acceptors (Lipinski definition) is 4. The molecule has 6 nitrogen and oxygen atoms in total. The zero-order valence-electron chi connectivity index (χ0n) is 17.2. The molecule has 0 aromatic heterocycles. The minimum absolute atomic E-state index is 0. The van der Waals surface area contributed by atoms with Crippen molar-refractivity contribution in [3.63, 3.8) is 0 Å². The molecule has 10 heteroatoms. The highest BCUT2D eigenvalue weighted by Crippen LogP contribution is 2.22. The van der Waals surface area contributed by atoms with Gasteiger partial charge in [-0.05, 0) is 43.9 Å². The van der Waals surface area contributed by atoms with E-state index < -0.39 is 6.36 Å². The molecule has 0 aliphatic carbocycles. The molecule has 1 atom stereocenters. The van der Waals surface area contributed by atoms with Gasteiger partial charge in [-0.1, -0.05) is 12.1 Å². The van der Waals surface area contributed by atoms with Gasteiger partial charge >= 0.3 is 6.36 Å². The first-order valence-corrected chi connectivity index (χ1v) is 9.98. The van der Waals surface area contributed by atoms with Crippen LogP contribution < -0.4 is 15.4 Å². The van der Waals surface area contributed by atoms with Gasteiger partial charge in [0.2, 0.25) is 0 Å². The predicted octanol–water partition coefficient (Wildman–Crippen LogP) is 3.74. The highest BCUT2D eigenvalue weighted by molar-refractivity contribution is 14.0. The number of nitrogens with one attached hydrogen (secondary N) is 2. The van der Waals surface area contributed by atoms with E-state index in [2.05, 4.69) is 20.4 Å². The molecule has 2 N–H and O–H groups in total. The first-order valence-electron chi connectivity index (χ1n) is 9.98. The van der Waals surface area contributed by atoms with Crippen molar-refractivity contribution in [3.8, 4) is 5.75 Å². The van der Waals surface area contributed by atoms with Gasteiger partial charge in [-0.3, -0.25) is 4.99 Å². The minimum atomic E-state index is -4.67. The summed E-state index contributed by atoms with van der Waals surface area (Å²) in [6, 6.07) is 5.89. The number of ether oxygens (including phenoxy) is 3. The van der Waals surface area contributed by atoms with Crippen LogP contribution in [0, 0.1) is 5.92 Å². The number of rotatable bonds is 11. The van der Waals surface area contributed by atoms with Crippen molar-refractivity contribution in [1.29, 1.82) is 0 Å². The van der Waals surface area contributed by atoms with Crippen molar-refractivity contribution >= 4 is 29.9 Å². The fourth-order valence-electron chi connectivity index (χ4n) is 2.85. The Hall–Kier alpha value is -1.27. The molecule has 1 aromatic carbocycles. The summed E-state index contributed by atoms with van der Waals surface area (Å²) < 4.78 is 51.4. The highest BCUT2D eigenvalue weighted by atomic mass is 127. The summed E-state index contributed by atoms with van der Waals surface area (Å²) in [5.41, 5.74) is 0.909. The molecule has 1 heterocycles. The Bertz CT molecular complexity index is 610. The Morgan fingerprint density at radius 2 is 2.00 bits per heavy atom. The maximum Gasteiger partial charge on any atom is 0.573 e. The third kappa shape index (κ3) is 11.8. The lowest BCUT2D eigenvalue weighted by Crippen LogP contribution is -2.38. The van der Waals surface area contributed by atoms with Crippen LogP contribution in [-0.4, -0.2) is 58.4 Å². The van der Waals surface area contributed by atoms with Crippen molar-refractivity contribution in [2.24, 2.45) is 10.9 Å². The first kappa shape index (κ1) is 26.8. The molecule has 1 aliphatic rings. The lowest BCUT2D eigenvalue weighted by atomic mass is 10.1. The molecule has 1 aromatic rings. The maximum absolute atomic E-state index is 12.2. The van der Waals surface area contributed by atoms with Crippen LogP contribution in [0.1, 0.15) is 25.3 Å². The molecular formula is C20H31F3IN3O3. The van der Waals surface area contributed by atoms with Crippen LogP contribution in [0.4, 0.5) is 13.2 Å². The molecule has 1 fully saturated rings. The van der Waals surface area contributed by atoms with Crippen LogP contribution in [0.5, 0.6) is 5.75 Å². The molecule has 30 heavy (non-hydrogen) atoms. The number of alkyl halides is 3. The van der Waals surface area contributed by atoms with E-state index in [0.29, 0.717) is 38.0 Å². The van der Waals surface area contributed by atoms with Crippen LogP contribution in [0.15, 0.2) is 29.3 Å². The van der Waals surface area contributed by atoms with Gasteiger partial charge in [0.15, 0.2) is 5.96 Å². The summed E-state index contributed by atoms with van der Waals surface area (Å²) in [5, 5.41) is 6.40. The van der Waals surface area contributed by atoms with Crippen LogP contribution in [-0.2, 0) is 15.9 Å². The Morgan fingerprint density at radius 1 is 1.23 bits per heavy atom. The van der Waals surface area contributed by atoms with E-state index in [1.54, 1.807) is 12.1 Å². The molecule has 0 saturated carbocycles. The van der Waals surface area contributed by atoms with Gasteiger partial charge in [0.05, 0.1) is 13.2 Å². The molecule has 1 aliphatic heterocycles. The Morgan fingerprint density at radius 3 is 2.63 bits per heavy atom. The summed E-state index contributed by atoms with van der Waals surface area (Å²) in [6.45, 7) is 7.05. The normalized spacial score (nSPS) is 16.8. The molecule has 1 saturated heterocycles. The van der Waals surface area contributed by atoms with Crippen LogP contribution >= 0.6 is 24.0 Å². The molecule has 0 amide bonds. The number of nitrogens with zero attached hydrogens (tertiary/aromatic N) is 1. The number of hydrogen-bond donors (Lipinski definition) is 2. The van der Waals surface area contributed by atoms with Gasteiger partial charge in [0.1, 0.15) is 5.75 Å².